The maximum Gasteiger partial charge on any atom is 0.227 e. The Morgan fingerprint density at radius 3 is 2.30 bits per heavy atom. The van der Waals surface area contributed by atoms with E-state index in [2.05, 4.69) is 25.3 Å². The first kappa shape index (κ1) is 12.2. The van der Waals surface area contributed by atoms with E-state index >= 15 is 0 Å². The van der Waals surface area contributed by atoms with Crippen LogP contribution in [0.3, 0.4) is 0 Å². The lowest BCUT2D eigenvalue weighted by Crippen LogP contribution is -1.96. The third-order valence-electron chi connectivity index (χ3n) is 2.76. The highest BCUT2D eigenvalue weighted by molar-refractivity contribution is 5.62. The summed E-state index contributed by atoms with van der Waals surface area (Å²) in [7, 11) is 0. The van der Waals surface area contributed by atoms with E-state index in [-0.39, 0.29) is 0 Å². The Balaban J connectivity index is 1.81. The second-order valence-electron chi connectivity index (χ2n) is 4.30. The molecule has 0 saturated heterocycles. The molecule has 0 aliphatic heterocycles. The lowest BCUT2D eigenvalue weighted by molar-refractivity contribution is 1.11. The summed E-state index contributed by atoms with van der Waals surface area (Å²) < 4.78 is 0. The number of rotatable bonds is 3. The molecule has 0 saturated carbocycles. The van der Waals surface area contributed by atoms with Crippen LogP contribution in [0.5, 0.6) is 0 Å². The smallest absolute Gasteiger partial charge is 0.227 e. The van der Waals surface area contributed by atoms with Crippen molar-refractivity contribution in [3.63, 3.8) is 0 Å². The van der Waals surface area contributed by atoms with E-state index in [1.165, 1.54) is 0 Å². The highest BCUT2D eigenvalue weighted by Crippen LogP contribution is 2.19. The van der Waals surface area contributed by atoms with E-state index < -0.39 is 0 Å². The van der Waals surface area contributed by atoms with Gasteiger partial charge in [-0.25, -0.2) is 19.9 Å². The molecule has 0 aliphatic rings. The van der Waals surface area contributed by atoms with Gasteiger partial charge in [-0.15, -0.1) is 0 Å². The first-order chi connectivity index (χ1) is 9.81. The van der Waals surface area contributed by atoms with Gasteiger partial charge in [0.05, 0.1) is 0 Å². The lowest BCUT2D eigenvalue weighted by atomic mass is 10.2. The van der Waals surface area contributed by atoms with Crippen molar-refractivity contribution in [3.8, 4) is 11.4 Å². The second-order valence-corrected chi connectivity index (χ2v) is 4.30. The van der Waals surface area contributed by atoms with Gasteiger partial charge in [0.15, 0.2) is 5.82 Å². The van der Waals surface area contributed by atoms with Crippen molar-refractivity contribution in [2.45, 2.75) is 6.92 Å². The molecule has 3 aromatic rings. The molecule has 1 aromatic carbocycles. The minimum absolute atomic E-state index is 0.576. The predicted molar refractivity (Wildman–Crippen MR) is 77.5 cm³/mol. The van der Waals surface area contributed by atoms with Crippen molar-refractivity contribution in [2.24, 2.45) is 0 Å². The molecule has 3 rings (SSSR count). The van der Waals surface area contributed by atoms with Crippen LogP contribution in [0.1, 0.15) is 5.69 Å². The number of nitrogens with one attached hydrogen (secondary N) is 1. The topological polar surface area (TPSA) is 63.6 Å². The summed E-state index contributed by atoms with van der Waals surface area (Å²) in [6, 6.07) is 11.5. The molecule has 0 fully saturated rings. The SMILES string of the molecule is Cc1ccnc(-c2ccc(Nc3ncccn3)cc2)n1. The molecular weight excluding hydrogens is 250 g/mol. The van der Waals surface area contributed by atoms with E-state index in [4.69, 9.17) is 0 Å². The van der Waals surface area contributed by atoms with Crippen molar-refractivity contribution < 1.29 is 0 Å². The van der Waals surface area contributed by atoms with E-state index in [9.17, 15) is 0 Å². The molecule has 98 valence electrons. The third-order valence-corrected chi connectivity index (χ3v) is 2.76. The quantitative estimate of drug-likeness (QED) is 0.787. The van der Waals surface area contributed by atoms with Gasteiger partial charge >= 0.3 is 0 Å². The van der Waals surface area contributed by atoms with Crippen LogP contribution in [0.2, 0.25) is 0 Å². The largest absolute Gasteiger partial charge is 0.324 e. The van der Waals surface area contributed by atoms with Gasteiger partial charge in [0.25, 0.3) is 0 Å². The number of hydrogen-bond acceptors (Lipinski definition) is 5. The molecular formula is C15H13N5. The Labute approximate surface area is 116 Å². The summed E-state index contributed by atoms with van der Waals surface area (Å²) in [6.07, 6.45) is 5.16. The summed E-state index contributed by atoms with van der Waals surface area (Å²) in [5.41, 5.74) is 2.86. The van der Waals surface area contributed by atoms with E-state index in [0.717, 1.165) is 22.8 Å². The van der Waals surface area contributed by atoms with Crippen LogP contribution in [-0.2, 0) is 0 Å². The van der Waals surface area contributed by atoms with Crippen LogP contribution in [-0.4, -0.2) is 19.9 Å². The Kier molecular flexibility index (Phi) is 3.33. The molecule has 2 heterocycles. The number of nitrogens with zero attached hydrogens (tertiary/aromatic N) is 4. The van der Waals surface area contributed by atoms with Gasteiger partial charge in [-0.2, -0.15) is 0 Å². The van der Waals surface area contributed by atoms with Crippen LogP contribution in [0.15, 0.2) is 55.0 Å². The molecule has 5 nitrogen and oxygen atoms in total. The normalized spacial score (nSPS) is 10.2. The molecule has 0 spiro atoms. The Hall–Kier alpha value is -2.82. The fourth-order valence-corrected chi connectivity index (χ4v) is 1.78. The molecule has 20 heavy (non-hydrogen) atoms. The maximum absolute atomic E-state index is 4.40. The van der Waals surface area contributed by atoms with Gasteiger partial charge in [-0.1, -0.05) is 0 Å². The highest BCUT2D eigenvalue weighted by Gasteiger charge is 2.02. The molecule has 2 aromatic heterocycles. The first-order valence-corrected chi connectivity index (χ1v) is 6.25. The van der Waals surface area contributed by atoms with Gasteiger partial charge < -0.3 is 5.32 Å². The number of aryl methyl sites for hydroxylation is 1. The van der Waals surface area contributed by atoms with Gasteiger partial charge in [-0.05, 0) is 43.3 Å². The highest BCUT2D eigenvalue weighted by atomic mass is 15.1. The number of anilines is 2. The van der Waals surface area contributed by atoms with E-state index in [1.54, 1.807) is 24.7 Å². The van der Waals surface area contributed by atoms with E-state index in [1.807, 2.05) is 37.3 Å². The van der Waals surface area contributed by atoms with Crippen molar-refractivity contribution in [1.29, 1.82) is 0 Å². The Morgan fingerprint density at radius 2 is 1.60 bits per heavy atom. The van der Waals surface area contributed by atoms with Gasteiger partial charge in [0.1, 0.15) is 0 Å². The van der Waals surface area contributed by atoms with Crippen LogP contribution >= 0.6 is 0 Å². The van der Waals surface area contributed by atoms with Crippen molar-refractivity contribution in [3.05, 3.63) is 60.7 Å². The van der Waals surface area contributed by atoms with E-state index in [0.29, 0.717) is 5.95 Å². The minimum atomic E-state index is 0.576. The first-order valence-electron chi connectivity index (χ1n) is 6.25. The average molecular weight is 263 g/mol. The van der Waals surface area contributed by atoms with Crippen LogP contribution < -0.4 is 5.32 Å². The zero-order chi connectivity index (χ0) is 13.8. The molecule has 1 N–H and O–H groups in total. The van der Waals surface area contributed by atoms with Crippen LogP contribution in [0, 0.1) is 6.92 Å². The Bertz CT molecular complexity index is 695. The van der Waals surface area contributed by atoms with Crippen LogP contribution in [0.25, 0.3) is 11.4 Å². The molecule has 0 radical (unpaired) electrons. The molecule has 0 atom stereocenters. The number of benzene rings is 1. The summed E-state index contributed by atoms with van der Waals surface area (Å²) in [6.45, 7) is 1.95. The fourth-order valence-electron chi connectivity index (χ4n) is 1.78. The number of aromatic nitrogens is 4. The summed E-state index contributed by atoms with van der Waals surface area (Å²) >= 11 is 0. The third kappa shape index (κ3) is 2.77. The lowest BCUT2D eigenvalue weighted by Gasteiger charge is -2.05. The summed E-state index contributed by atoms with van der Waals surface area (Å²) in [4.78, 5) is 16.9. The van der Waals surface area contributed by atoms with Crippen molar-refractivity contribution >= 4 is 11.6 Å². The minimum Gasteiger partial charge on any atom is -0.324 e. The second kappa shape index (κ2) is 5.44. The summed E-state index contributed by atoms with van der Waals surface area (Å²) in [5.74, 6) is 1.31. The fraction of sp³-hybridized carbons (Fsp3) is 0.0667. The standard InChI is InChI=1S/C15H13N5/c1-11-7-10-16-14(19-11)12-3-5-13(6-4-12)20-15-17-8-2-9-18-15/h2-10H,1H3,(H,17,18,20). The average Bonchev–Trinajstić information content (AvgIpc) is 2.49. The molecule has 0 aliphatic carbocycles. The zero-order valence-electron chi connectivity index (χ0n) is 11.0. The van der Waals surface area contributed by atoms with Gasteiger partial charge in [0, 0.05) is 35.5 Å². The van der Waals surface area contributed by atoms with Crippen LogP contribution in [0.4, 0.5) is 11.6 Å². The maximum atomic E-state index is 4.40. The van der Waals surface area contributed by atoms with Crippen molar-refractivity contribution in [2.75, 3.05) is 5.32 Å². The number of hydrogen-bond donors (Lipinski definition) is 1. The zero-order valence-corrected chi connectivity index (χ0v) is 11.0. The molecule has 0 amide bonds. The predicted octanol–water partition coefficient (Wildman–Crippen LogP) is 2.99. The monoisotopic (exact) mass is 263 g/mol. The van der Waals surface area contributed by atoms with Gasteiger partial charge in [0.2, 0.25) is 5.95 Å². The summed E-state index contributed by atoms with van der Waals surface area (Å²) in [5, 5.41) is 3.13. The molecule has 5 heteroatoms. The molecule has 0 unspecified atom stereocenters. The van der Waals surface area contributed by atoms with Crippen molar-refractivity contribution in [1.82, 2.24) is 19.9 Å². The molecule has 0 bridgehead atoms. The Morgan fingerprint density at radius 1 is 0.850 bits per heavy atom. The van der Waals surface area contributed by atoms with Gasteiger partial charge in [-0.3, -0.25) is 0 Å².